The molecule has 0 unspecified atom stereocenters. The van der Waals surface area contributed by atoms with Crippen LogP contribution in [0.5, 0.6) is 0 Å². The van der Waals surface area contributed by atoms with Gasteiger partial charge in [-0.3, -0.25) is 0 Å². The van der Waals surface area contributed by atoms with E-state index in [0.717, 1.165) is 11.5 Å². The first kappa shape index (κ1) is 7.94. The van der Waals surface area contributed by atoms with Crippen LogP contribution in [-0.4, -0.2) is 17.0 Å². The van der Waals surface area contributed by atoms with Crippen molar-refractivity contribution in [1.82, 2.24) is 9.97 Å². The van der Waals surface area contributed by atoms with Gasteiger partial charge in [0.05, 0.1) is 5.69 Å². The predicted octanol–water partition coefficient (Wildman–Crippen LogP) is 0.538. The van der Waals surface area contributed by atoms with E-state index < -0.39 is 0 Å². The van der Waals surface area contributed by atoms with Gasteiger partial charge in [-0.15, -0.1) is 0 Å². The Balaban J connectivity index is 2.91. The third-order valence-corrected chi connectivity index (χ3v) is 1.41. The highest BCUT2D eigenvalue weighted by atomic mass is 15.0. The largest absolute Gasteiger partial charge is 0.373 e. The summed E-state index contributed by atoms with van der Waals surface area (Å²) in [7, 11) is 1.81. The van der Waals surface area contributed by atoms with Gasteiger partial charge >= 0.3 is 0 Å². The molecule has 1 aromatic heterocycles. The number of aromatic nitrogens is 2. The van der Waals surface area contributed by atoms with Crippen LogP contribution in [0.15, 0.2) is 12.4 Å². The topological polar surface area (TPSA) is 63.8 Å². The Bertz CT molecular complexity index is 234. The summed E-state index contributed by atoms with van der Waals surface area (Å²) in [5.41, 5.74) is 6.47. The molecule has 0 fully saturated rings. The van der Waals surface area contributed by atoms with Crippen LogP contribution in [0.1, 0.15) is 18.7 Å². The Labute approximate surface area is 65.9 Å². The highest BCUT2D eigenvalue weighted by molar-refractivity contribution is 5.34. The van der Waals surface area contributed by atoms with Crippen molar-refractivity contribution < 1.29 is 0 Å². The standard InChI is InChI=1S/C7H12N4/c1-5(8)6-3-7(9-2)11-4-10-6/h3-5H,8H2,1-2H3,(H,9,10,11)/t5-/m0/s1. The van der Waals surface area contributed by atoms with E-state index in [1.807, 2.05) is 20.0 Å². The van der Waals surface area contributed by atoms with Gasteiger partial charge in [0.15, 0.2) is 0 Å². The lowest BCUT2D eigenvalue weighted by Gasteiger charge is -2.04. The van der Waals surface area contributed by atoms with Gasteiger partial charge in [0.25, 0.3) is 0 Å². The molecule has 1 aromatic rings. The summed E-state index contributed by atoms with van der Waals surface area (Å²) in [6, 6.07) is 1.80. The van der Waals surface area contributed by atoms with E-state index in [0.29, 0.717) is 0 Å². The molecule has 3 N–H and O–H groups in total. The molecule has 4 heteroatoms. The van der Waals surface area contributed by atoms with Crippen molar-refractivity contribution in [2.24, 2.45) is 5.73 Å². The first-order chi connectivity index (χ1) is 5.24. The van der Waals surface area contributed by atoms with Gasteiger partial charge in [0, 0.05) is 19.2 Å². The van der Waals surface area contributed by atoms with Gasteiger partial charge in [0.2, 0.25) is 0 Å². The number of nitrogens with zero attached hydrogens (tertiary/aromatic N) is 2. The third-order valence-electron chi connectivity index (χ3n) is 1.41. The van der Waals surface area contributed by atoms with Gasteiger partial charge < -0.3 is 11.1 Å². The number of anilines is 1. The minimum absolute atomic E-state index is 0.0369. The zero-order chi connectivity index (χ0) is 8.27. The maximum atomic E-state index is 5.62. The van der Waals surface area contributed by atoms with Crippen LogP contribution >= 0.6 is 0 Å². The summed E-state index contributed by atoms with van der Waals surface area (Å²) in [5.74, 6) is 0.798. The number of rotatable bonds is 2. The van der Waals surface area contributed by atoms with Gasteiger partial charge in [-0.1, -0.05) is 0 Å². The number of hydrogen-bond acceptors (Lipinski definition) is 4. The molecule has 0 aliphatic heterocycles. The average Bonchev–Trinajstić information content (AvgIpc) is 2.05. The maximum Gasteiger partial charge on any atom is 0.129 e. The molecule has 1 heterocycles. The van der Waals surface area contributed by atoms with Crippen LogP contribution in [0.4, 0.5) is 5.82 Å². The van der Waals surface area contributed by atoms with E-state index in [-0.39, 0.29) is 6.04 Å². The summed E-state index contributed by atoms with van der Waals surface area (Å²) in [6.45, 7) is 1.89. The molecule has 1 atom stereocenters. The Morgan fingerprint density at radius 2 is 2.27 bits per heavy atom. The summed E-state index contributed by atoms with van der Waals surface area (Å²) < 4.78 is 0. The van der Waals surface area contributed by atoms with Crippen molar-refractivity contribution in [2.75, 3.05) is 12.4 Å². The molecule has 0 saturated carbocycles. The molecule has 1 rings (SSSR count). The van der Waals surface area contributed by atoms with E-state index in [1.165, 1.54) is 6.33 Å². The molecule has 0 spiro atoms. The van der Waals surface area contributed by atoms with E-state index in [9.17, 15) is 0 Å². The second kappa shape index (κ2) is 3.30. The van der Waals surface area contributed by atoms with E-state index in [1.54, 1.807) is 0 Å². The fraction of sp³-hybridized carbons (Fsp3) is 0.429. The van der Waals surface area contributed by atoms with Gasteiger partial charge in [-0.25, -0.2) is 9.97 Å². The quantitative estimate of drug-likeness (QED) is 0.649. The van der Waals surface area contributed by atoms with Crippen LogP contribution in [-0.2, 0) is 0 Å². The average molecular weight is 152 g/mol. The summed E-state index contributed by atoms with van der Waals surface area (Å²) >= 11 is 0. The van der Waals surface area contributed by atoms with Crippen molar-refractivity contribution in [3.63, 3.8) is 0 Å². The first-order valence-electron chi connectivity index (χ1n) is 3.49. The second-order valence-corrected chi connectivity index (χ2v) is 2.37. The van der Waals surface area contributed by atoms with Crippen molar-refractivity contribution >= 4 is 5.82 Å². The van der Waals surface area contributed by atoms with Crippen LogP contribution < -0.4 is 11.1 Å². The molecule has 60 valence electrons. The van der Waals surface area contributed by atoms with E-state index in [4.69, 9.17) is 5.73 Å². The Kier molecular flexibility index (Phi) is 2.38. The van der Waals surface area contributed by atoms with Gasteiger partial charge in [0.1, 0.15) is 12.1 Å². The van der Waals surface area contributed by atoms with Crippen LogP contribution in [0.25, 0.3) is 0 Å². The molecular weight excluding hydrogens is 140 g/mol. The van der Waals surface area contributed by atoms with Crippen LogP contribution in [0, 0.1) is 0 Å². The molecule has 0 amide bonds. The number of nitrogens with one attached hydrogen (secondary N) is 1. The number of hydrogen-bond donors (Lipinski definition) is 2. The lowest BCUT2D eigenvalue weighted by atomic mass is 10.2. The van der Waals surface area contributed by atoms with Gasteiger partial charge in [-0.2, -0.15) is 0 Å². The lowest BCUT2D eigenvalue weighted by Crippen LogP contribution is -2.08. The molecule has 0 aliphatic rings. The zero-order valence-electron chi connectivity index (χ0n) is 6.70. The van der Waals surface area contributed by atoms with Crippen molar-refractivity contribution in [3.8, 4) is 0 Å². The van der Waals surface area contributed by atoms with Crippen LogP contribution in [0.3, 0.4) is 0 Å². The Morgan fingerprint density at radius 3 is 2.82 bits per heavy atom. The fourth-order valence-corrected chi connectivity index (χ4v) is 0.758. The third kappa shape index (κ3) is 1.88. The minimum Gasteiger partial charge on any atom is -0.373 e. The molecule has 11 heavy (non-hydrogen) atoms. The highest BCUT2D eigenvalue weighted by Gasteiger charge is 2.00. The van der Waals surface area contributed by atoms with E-state index in [2.05, 4.69) is 15.3 Å². The Morgan fingerprint density at radius 1 is 1.55 bits per heavy atom. The summed E-state index contributed by atoms with van der Waals surface area (Å²) in [4.78, 5) is 7.97. The van der Waals surface area contributed by atoms with Crippen LogP contribution in [0.2, 0.25) is 0 Å². The second-order valence-electron chi connectivity index (χ2n) is 2.37. The summed E-state index contributed by atoms with van der Waals surface area (Å²) in [5, 5.41) is 2.92. The SMILES string of the molecule is CNc1cc([C@H](C)N)ncn1. The minimum atomic E-state index is -0.0369. The predicted molar refractivity (Wildman–Crippen MR) is 44.2 cm³/mol. The van der Waals surface area contributed by atoms with E-state index >= 15 is 0 Å². The lowest BCUT2D eigenvalue weighted by molar-refractivity contribution is 0.775. The molecule has 4 nitrogen and oxygen atoms in total. The Hall–Kier alpha value is -1.16. The zero-order valence-corrected chi connectivity index (χ0v) is 6.70. The molecule has 0 radical (unpaired) electrons. The number of nitrogens with two attached hydrogens (primary N) is 1. The summed E-state index contributed by atoms with van der Waals surface area (Å²) in [6.07, 6.45) is 1.50. The maximum absolute atomic E-state index is 5.62. The van der Waals surface area contributed by atoms with Crippen molar-refractivity contribution in [1.29, 1.82) is 0 Å². The normalized spacial score (nSPS) is 12.6. The monoisotopic (exact) mass is 152 g/mol. The molecule has 0 aliphatic carbocycles. The fourth-order valence-electron chi connectivity index (χ4n) is 0.758. The smallest absolute Gasteiger partial charge is 0.129 e. The molecule has 0 aromatic carbocycles. The van der Waals surface area contributed by atoms with Crippen molar-refractivity contribution in [2.45, 2.75) is 13.0 Å². The first-order valence-corrected chi connectivity index (χ1v) is 3.49. The molecular formula is C7H12N4. The molecule has 0 bridgehead atoms. The molecule has 0 saturated heterocycles. The van der Waals surface area contributed by atoms with Crippen molar-refractivity contribution in [3.05, 3.63) is 18.1 Å². The highest BCUT2D eigenvalue weighted by Crippen LogP contribution is 2.08. The van der Waals surface area contributed by atoms with Gasteiger partial charge in [-0.05, 0) is 6.92 Å².